The topological polar surface area (TPSA) is 128 Å². The minimum Gasteiger partial charge on any atom is -0.361 e. The van der Waals surface area contributed by atoms with Gasteiger partial charge in [0.15, 0.2) is 0 Å². The molecule has 2 aromatic heterocycles. The van der Waals surface area contributed by atoms with Crippen LogP contribution in [0.4, 0.5) is 8.78 Å². The third-order valence-electron chi connectivity index (χ3n) is 14.0. The lowest BCUT2D eigenvalue weighted by Crippen LogP contribution is -2.57. The van der Waals surface area contributed by atoms with Gasteiger partial charge >= 0.3 is 0 Å². The Kier molecular flexibility index (Phi) is 16.4. The monoisotopic (exact) mass is 994 g/mol. The first-order valence-corrected chi connectivity index (χ1v) is 25.1. The van der Waals surface area contributed by atoms with Crippen LogP contribution in [-0.4, -0.2) is 134 Å². The molecule has 0 bridgehead atoms. The van der Waals surface area contributed by atoms with Crippen molar-refractivity contribution in [3.8, 4) is 0 Å². The number of nitrogens with zero attached hydrogens (tertiary/aromatic N) is 5. The predicted molar refractivity (Wildman–Crippen MR) is 272 cm³/mol. The van der Waals surface area contributed by atoms with E-state index in [1.807, 2.05) is 53.3 Å². The lowest BCUT2D eigenvalue weighted by Gasteiger charge is -2.44. The maximum Gasteiger partial charge on any atom is 0.295 e. The smallest absolute Gasteiger partial charge is 0.295 e. The zero-order valence-corrected chi connectivity index (χ0v) is 41.8. The summed E-state index contributed by atoms with van der Waals surface area (Å²) >= 11 is 12.9. The third-order valence-corrected chi connectivity index (χ3v) is 14.6. The number of likely N-dealkylation sites (tertiary alicyclic amines) is 1. The Balaban J connectivity index is 0.000000176. The number of hydrogen-bond acceptors (Lipinski definition) is 7. The molecule has 0 saturated carbocycles. The third kappa shape index (κ3) is 11.7. The number of benzene rings is 4. The number of aromatic nitrogens is 2. The SMILES string of the molecule is C1CCNC1.C[C@@H]1CN(Cc2ccc(F)cc2)[C@@H](C)CN1C(=O)c1cc2c(C(=O)C(=O)N3CCCC3)c[nH]c2cc1Cl.C[C@@H]1CN(Cc2ccc(F)cc2)[C@@H](C)CN1C(=O)c1cc2cc[nH]c2cc1Cl. The Morgan fingerprint density at radius 1 is 0.586 bits per heavy atom. The van der Waals surface area contributed by atoms with Gasteiger partial charge in [0.25, 0.3) is 23.5 Å². The molecule has 0 radical (unpaired) electrons. The number of piperazine rings is 2. The van der Waals surface area contributed by atoms with Crippen LogP contribution >= 0.6 is 23.2 Å². The molecule has 4 aromatic carbocycles. The Morgan fingerprint density at radius 2 is 1.09 bits per heavy atom. The van der Waals surface area contributed by atoms with Crippen LogP contribution in [0.1, 0.15) is 95.6 Å². The van der Waals surface area contributed by atoms with Crippen molar-refractivity contribution in [2.45, 2.75) is 90.6 Å². The van der Waals surface area contributed by atoms with Crippen molar-refractivity contribution in [1.29, 1.82) is 0 Å². The highest BCUT2D eigenvalue weighted by Gasteiger charge is 2.35. The van der Waals surface area contributed by atoms with Crippen LogP contribution in [0.5, 0.6) is 0 Å². The Hall–Kier alpha value is -5.64. The van der Waals surface area contributed by atoms with Gasteiger partial charge in [-0.1, -0.05) is 47.5 Å². The second kappa shape index (κ2) is 22.6. The van der Waals surface area contributed by atoms with E-state index < -0.39 is 11.7 Å². The van der Waals surface area contributed by atoms with E-state index in [1.165, 1.54) is 56.4 Å². The predicted octanol–water partition coefficient (Wildman–Crippen LogP) is 9.57. The van der Waals surface area contributed by atoms with Gasteiger partial charge in [0, 0.05) is 111 Å². The van der Waals surface area contributed by atoms with Gasteiger partial charge in [-0.15, -0.1) is 0 Å². The first-order valence-electron chi connectivity index (χ1n) is 24.4. The van der Waals surface area contributed by atoms with Gasteiger partial charge in [0.2, 0.25) is 0 Å². The first kappa shape index (κ1) is 50.7. The molecule has 6 heterocycles. The number of amides is 3. The molecule has 70 heavy (non-hydrogen) atoms. The van der Waals surface area contributed by atoms with Crippen molar-refractivity contribution in [2.75, 3.05) is 52.4 Å². The van der Waals surface area contributed by atoms with E-state index in [0.29, 0.717) is 66.3 Å². The van der Waals surface area contributed by atoms with Crippen LogP contribution in [0.25, 0.3) is 21.8 Å². The maximum absolute atomic E-state index is 13.7. The summed E-state index contributed by atoms with van der Waals surface area (Å²) in [6.07, 6.45) is 7.93. The summed E-state index contributed by atoms with van der Waals surface area (Å²) < 4.78 is 26.4. The van der Waals surface area contributed by atoms with Crippen LogP contribution in [0.15, 0.2) is 91.3 Å². The van der Waals surface area contributed by atoms with Crippen molar-refractivity contribution < 1.29 is 28.0 Å². The molecule has 0 aliphatic carbocycles. The zero-order chi connectivity index (χ0) is 49.6. The lowest BCUT2D eigenvalue weighted by atomic mass is 10.0. The first-order chi connectivity index (χ1) is 33.6. The molecule has 3 amide bonds. The molecule has 3 N–H and O–H groups in total. The van der Waals surface area contributed by atoms with Crippen LogP contribution in [0.3, 0.4) is 0 Å². The normalized spacial score (nSPS) is 20.8. The van der Waals surface area contributed by atoms with Crippen molar-refractivity contribution in [3.63, 3.8) is 0 Å². The summed E-state index contributed by atoms with van der Waals surface area (Å²) in [5.74, 6) is -1.82. The van der Waals surface area contributed by atoms with E-state index in [2.05, 4.69) is 45.9 Å². The number of nitrogens with one attached hydrogen (secondary N) is 3. The van der Waals surface area contributed by atoms with Crippen LogP contribution in [0, 0.1) is 11.6 Å². The van der Waals surface area contributed by atoms with Crippen molar-refractivity contribution in [2.24, 2.45) is 0 Å². The molecule has 370 valence electrons. The van der Waals surface area contributed by atoms with Crippen molar-refractivity contribution in [1.82, 2.24) is 39.8 Å². The number of ketones is 1. The number of fused-ring (bicyclic) bond motifs is 2. The van der Waals surface area contributed by atoms with Gasteiger partial charge in [-0.2, -0.15) is 0 Å². The average Bonchev–Trinajstić information content (AvgIpc) is 4.21. The summed E-state index contributed by atoms with van der Waals surface area (Å²) in [4.78, 5) is 68.7. The maximum atomic E-state index is 13.7. The van der Waals surface area contributed by atoms with Gasteiger partial charge < -0.3 is 30.0 Å². The highest BCUT2D eigenvalue weighted by molar-refractivity contribution is 6.45. The second-order valence-corrected chi connectivity index (χ2v) is 20.0. The van der Waals surface area contributed by atoms with E-state index in [1.54, 1.807) is 29.2 Å². The van der Waals surface area contributed by atoms with Gasteiger partial charge in [-0.25, -0.2) is 8.78 Å². The summed E-state index contributed by atoms with van der Waals surface area (Å²) in [7, 11) is 0. The van der Waals surface area contributed by atoms with Gasteiger partial charge in [-0.3, -0.25) is 29.0 Å². The number of aromatic amines is 2. The molecule has 6 aromatic rings. The highest BCUT2D eigenvalue weighted by Crippen LogP contribution is 2.31. The molecule has 10 rings (SSSR count). The van der Waals surface area contributed by atoms with Gasteiger partial charge in [0.05, 0.1) is 26.7 Å². The fourth-order valence-electron chi connectivity index (χ4n) is 9.90. The molecule has 4 saturated heterocycles. The molecule has 4 aliphatic rings. The Labute approximate surface area is 418 Å². The molecule has 0 spiro atoms. The molecule has 12 nitrogen and oxygen atoms in total. The molecule has 16 heteroatoms. The van der Waals surface area contributed by atoms with Crippen LogP contribution < -0.4 is 5.32 Å². The van der Waals surface area contributed by atoms with E-state index >= 15 is 0 Å². The summed E-state index contributed by atoms with van der Waals surface area (Å²) in [5, 5.41) is 5.47. The summed E-state index contributed by atoms with van der Waals surface area (Å²) in [5.41, 5.74) is 4.71. The Bertz CT molecular complexity index is 2800. The van der Waals surface area contributed by atoms with E-state index in [0.717, 1.165) is 48.0 Å². The quantitative estimate of drug-likeness (QED) is 0.102. The minimum absolute atomic E-state index is 0.0334. The van der Waals surface area contributed by atoms with Crippen molar-refractivity contribution >= 4 is 68.5 Å². The second-order valence-electron chi connectivity index (χ2n) is 19.2. The zero-order valence-electron chi connectivity index (χ0n) is 40.3. The fourth-order valence-corrected chi connectivity index (χ4v) is 10.4. The number of Topliss-reactive ketones (excluding diaryl/α,β-unsaturated/α-hetero) is 1. The van der Waals surface area contributed by atoms with E-state index in [-0.39, 0.29) is 58.2 Å². The van der Waals surface area contributed by atoms with Gasteiger partial charge in [-0.05, 0) is 132 Å². The average molecular weight is 996 g/mol. The summed E-state index contributed by atoms with van der Waals surface area (Å²) in [6.45, 7) is 15.9. The van der Waals surface area contributed by atoms with Crippen LogP contribution in [-0.2, 0) is 17.9 Å². The molecule has 4 fully saturated rings. The van der Waals surface area contributed by atoms with Crippen LogP contribution in [0.2, 0.25) is 10.0 Å². The number of hydrogen-bond donors (Lipinski definition) is 3. The highest BCUT2D eigenvalue weighted by atomic mass is 35.5. The standard InChI is InChI=1S/C28H30ClFN4O3.C22H23ClFN3O.C4H9N/c1-17-15-34(18(2)14-33(17)16-19-5-7-20(30)8-6-19)27(36)22-11-21-23(13-31-25(21)12-24(22)29)26(35)28(37)32-9-3-4-10-32;1-14-12-27(15(2)11-26(14)13-16-3-5-18(24)6-4-16)22(28)19-9-17-7-8-25-21(17)10-20(19)23;1-2-4-5-3-1/h5-8,11-13,17-18,31H,3-4,9-10,14-16H2,1-2H3;3-10,14-15,25H,11-13H2,1-2H3;5H,1-4H2/t17-,18+;14-,15+;/m00./s1. The van der Waals surface area contributed by atoms with E-state index in [4.69, 9.17) is 23.2 Å². The molecular weight excluding hydrogens is 934 g/mol. The van der Waals surface area contributed by atoms with Crippen molar-refractivity contribution in [3.05, 3.63) is 141 Å². The number of carbonyl (C=O) groups excluding carboxylic acids is 4. The number of H-pyrrole nitrogens is 2. The largest absolute Gasteiger partial charge is 0.361 e. The molecule has 4 atom stereocenters. The fraction of sp³-hybridized carbons (Fsp3) is 0.407. The van der Waals surface area contributed by atoms with Gasteiger partial charge in [0.1, 0.15) is 11.6 Å². The number of rotatable bonds is 8. The van der Waals surface area contributed by atoms with E-state index in [9.17, 15) is 28.0 Å². The Morgan fingerprint density at radius 3 is 1.59 bits per heavy atom. The minimum atomic E-state index is -0.578. The molecular formula is C54H62Cl2F2N8O4. The molecule has 0 unspecified atom stereocenters. The lowest BCUT2D eigenvalue weighted by molar-refractivity contribution is -0.125. The number of halogens is 4. The summed E-state index contributed by atoms with van der Waals surface area (Å²) in [6, 6.07) is 22.2. The molecule has 4 aliphatic heterocycles. The number of carbonyl (C=O) groups is 4.